The Bertz CT molecular complexity index is 961. The first kappa shape index (κ1) is 16.7. The van der Waals surface area contributed by atoms with Crippen LogP contribution in [0.3, 0.4) is 0 Å². The highest BCUT2D eigenvalue weighted by Gasteiger charge is 2.14. The molecule has 0 saturated heterocycles. The zero-order valence-corrected chi connectivity index (χ0v) is 15.1. The highest BCUT2D eigenvalue weighted by Crippen LogP contribution is 2.26. The van der Waals surface area contributed by atoms with Crippen LogP contribution in [-0.2, 0) is 18.7 Å². The second-order valence-electron chi connectivity index (χ2n) is 5.75. The van der Waals surface area contributed by atoms with Gasteiger partial charge in [-0.2, -0.15) is 0 Å². The van der Waals surface area contributed by atoms with Gasteiger partial charge in [-0.25, -0.2) is 0 Å². The first-order chi connectivity index (χ1) is 12.8. The van der Waals surface area contributed by atoms with Crippen LogP contribution in [0.15, 0.2) is 68.9 Å². The van der Waals surface area contributed by atoms with Gasteiger partial charge in [-0.3, -0.25) is 0 Å². The van der Waals surface area contributed by atoms with E-state index in [4.69, 9.17) is 8.94 Å². The summed E-state index contributed by atoms with van der Waals surface area (Å²) < 4.78 is 12.8. The fourth-order valence-corrected chi connectivity index (χ4v) is 3.61. The molecule has 132 valence electrons. The first-order valence-electron chi connectivity index (χ1n) is 8.41. The lowest BCUT2D eigenvalue weighted by Crippen LogP contribution is -2.04. The predicted octanol–water partition coefficient (Wildman–Crippen LogP) is 4.43. The van der Waals surface area contributed by atoms with Gasteiger partial charge in [0.1, 0.15) is 5.82 Å². The number of aromatic nitrogens is 4. The van der Waals surface area contributed by atoms with Gasteiger partial charge in [-0.1, -0.05) is 47.3 Å². The van der Waals surface area contributed by atoms with Gasteiger partial charge in [0.05, 0.1) is 12.0 Å². The lowest BCUT2D eigenvalue weighted by atomic mass is 10.1. The van der Waals surface area contributed by atoms with Crippen molar-refractivity contribution in [2.24, 2.45) is 0 Å². The Hall–Kier alpha value is -2.80. The number of thioether (sulfide) groups is 1. The molecule has 0 aliphatic carbocycles. The van der Waals surface area contributed by atoms with Gasteiger partial charge in [0.2, 0.25) is 5.76 Å². The molecule has 26 heavy (non-hydrogen) atoms. The molecular formula is C19H18N4O2S. The summed E-state index contributed by atoms with van der Waals surface area (Å²) in [5.74, 6) is 2.94. The molecule has 0 unspecified atom stereocenters. The summed E-state index contributed by atoms with van der Waals surface area (Å²) in [4.78, 5) is 0. The number of furan rings is 1. The van der Waals surface area contributed by atoms with Crippen molar-refractivity contribution in [2.75, 3.05) is 0 Å². The molecular weight excluding hydrogens is 348 g/mol. The zero-order valence-electron chi connectivity index (χ0n) is 14.3. The average Bonchev–Trinajstić information content (AvgIpc) is 3.41. The quantitative estimate of drug-likeness (QED) is 0.451. The molecule has 6 nitrogen and oxygen atoms in total. The van der Waals surface area contributed by atoms with Crippen LogP contribution in [0.4, 0.5) is 0 Å². The van der Waals surface area contributed by atoms with Crippen molar-refractivity contribution in [3.8, 4) is 11.5 Å². The summed E-state index contributed by atoms with van der Waals surface area (Å²) in [5, 5.41) is 13.7. The molecule has 3 heterocycles. The summed E-state index contributed by atoms with van der Waals surface area (Å²) in [5.41, 5.74) is 2.07. The predicted molar refractivity (Wildman–Crippen MR) is 98.7 cm³/mol. The van der Waals surface area contributed by atoms with E-state index < -0.39 is 0 Å². The van der Waals surface area contributed by atoms with Crippen molar-refractivity contribution >= 4 is 11.8 Å². The Kier molecular flexibility index (Phi) is 4.88. The number of nitrogens with zero attached hydrogens (tertiary/aromatic N) is 4. The molecule has 0 saturated carbocycles. The maximum absolute atomic E-state index is 5.34. The maximum Gasteiger partial charge on any atom is 0.202 e. The first-order valence-corrected chi connectivity index (χ1v) is 9.40. The highest BCUT2D eigenvalue weighted by atomic mass is 32.2. The standard InChI is InChI=1S/C19H18N4O2S/c1-2-23-18(11-14-7-4-3-5-8-14)20-21-19(23)26-13-15-12-17(25-22-15)16-9-6-10-24-16/h3-10,12H,2,11,13H2,1H3. The third-order valence-electron chi connectivity index (χ3n) is 3.99. The van der Waals surface area contributed by atoms with E-state index in [1.54, 1.807) is 18.0 Å². The normalized spacial score (nSPS) is 11.1. The van der Waals surface area contributed by atoms with Crippen LogP contribution in [0.5, 0.6) is 0 Å². The van der Waals surface area contributed by atoms with Gasteiger partial charge in [0.15, 0.2) is 10.9 Å². The van der Waals surface area contributed by atoms with Crippen LogP contribution in [0.1, 0.15) is 24.0 Å². The number of hydrogen-bond donors (Lipinski definition) is 0. The molecule has 1 aromatic carbocycles. The minimum atomic E-state index is 0.632. The van der Waals surface area contributed by atoms with Crippen molar-refractivity contribution in [3.05, 3.63) is 71.9 Å². The van der Waals surface area contributed by atoms with Gasteiger partial charge in [0, 0.05) is 24.8 Å². The number of benzene rings is 1. The van der Waals surface area contributed by atoms with Gasteiger partial charge in [-0.05, 0) is 24.6 Å². The lowest BCUT2D eigenvalue weighted by Gasteiger charge is -2.06. The highest BCUT2D eigenvalue weighted by molar-refractivity contribution is 7.98. The van der Waals surface area contributed by atoms with E-state index in [2.05, 4.69) is 39.0 Å². The van der Waals surface area contributed by atoms with E-state index in [1.165, 1.54) is 5.56 Å². The third kappa shape index (κ3) is 3.57. The number of hydrogen-bond acceptors (Lipinski definition) is 6. The third-order valence-corrected chi connectivity index (χ3v) is 4.99. The van der Waals surface area contributed by atoms with Gasteiger partial charge in [-0.15, -0.1) is 10.2 Å². The molecule has 0 bridgehead atoms. The van der Waals surface area contributed by atoms with Crippen LogP contribution in [0.2, 0.25) is 0 Å². The van der Waals surface area contributed by atoms with E-state index >= 15 is 0 Å². The Labute approximate surface area is 155 Å². The summed E-state index contributed by atoms with van der Waals surface area (Å²) in [7, 11) is 0. The molecule has 4 aromatic rings. The second-order valence-corrected chi connectivity index (χ2v) is 6.70. The molecule has 4 rings (SSSR count). The van der Waals surface area contributed by atoms with E-state index in [1.807, 2.05) is 36.4 Å². The minimum absolute atomic E-state index is 0.632. The molecule has 0 N–H and O–H groups in total. The molecule has 0 amide bonds. The SMILES string of the molecule is CCn1c(Cc2ccccc2)nnc1SCc1cc(-c2ccco2)on1. The molecule has 0 spiro atoms. The average molecular weight is 366 g/mol. The fraction of sp³-hybridized carbons (Fsp3) is 0.211. The Morgan fingerprint density at radius 1 is 1.04 bits per heavy atom. The topological polar surface area (TPSA) is 69.9 Å². The van der Waals surface area contributed by atoms with E-state index in [9.17, 15) is 0 Å². The molecule has 7 heteroatoms. The molecule has 0 radical (unpaired) electrons. The van der Waals surface area contributed by atoms with Crippen molar-refractivity contribution in [2.45, 2.75) is 30.8 Å². The Morgan fingerprint density at radius 3 is 2.69 bits per heavy atom. The summed E-state index contributed by atoms with van der Waals surface area (Å²) in [6.45, 7) is 2.93. The smallest absolute Gasteiger partial charge is 0.202 e. The molecule has 0 aliphatic heterocycles. The lowest BCUT2D eigenvalue weighted by molar-refractivity contribution is 0.413. The summed E-state index contributed by atoms with van der Waals surface area (Å²) in [6.07, 6.45) is 2.39. The Balaban J connectivity index is 1.45. The van der Waals surface area contributed by atoms with E-state index in [0.29, 0.717) is 17.3 Å². The van der Waals surface area contributed by atoms with Gasteiger partial charge < -0.3 is 13.5 Å². The van der Waals surface area contributed by atoms with Crippen LogP contribution in [0.25, 0.3) is 11.5 Å². The largest absolute Gasteiger partial charge is 0.461 e. The molecule has 0 atom stereocenters. The molecule has 0 fully saturated rings. The summed E-state index contributed by atoms with van der Waals surface area (Å²) >= 11 is 1.60. The van der Waals surface area contributed by atoms with Crippen LogP contribution >= 0.6 is 11.8 Å². The van der Waals surface area contributed by atoms with Gasteiger partial charge in [0.25, 0.3) is 0 Å². The van der Waals surface area contributed by atoms with E-state index in [0.717, 1.165) is 29.6 Å². The minimum Gasteiger partial charge on any atom is -0.461 e. The maximum atomic E-state index is 5.34. The van der Waals surface area contributed by atoms with Crippen molar-refractivity contribution < 1.29 is 8.94 Å². The van der Waals surface area contributed by atoms with Crippen LogP contribution < -0.4 is 0 Å². The Morgan fingerprint density at radius 2 is 1.92 bits per heavy atom. The van der Waals surface area contributed by atoms with Gasteiger partial charge >= 0.3 is 0 Å². The van der Waals surface area contributed by atoms with Crippen LogP contribution in [0, 0.1) is 0 Å². The fourth-order valence-electron chi connectivity index (χ4n) is 2.71. The van der Waals surface area contributed by atoms with E-state index in [-0.39, 0.29) is 0 Å². The zero-order chi connectivity index (χ0) is 17.8. The second kappa shape index (κ2) is 7.61. The number of rotatable bonds is 7. The molecule has 3 aromatic heterocycles. The molecule has 0 aliphatic rings. The van der Waals surface area contributed by atoms with Crippen molar-refractivity contribution in [1.82, 2.24) is 19.9 Å². The van der Waals surface area contributed by atoms with Crippen molar-refractivity contribution in [3.63, 3.8) is 0 Å². The summed E-state index contributed by atoms with van der Waals surface area (Å²) in [6, 6.07) is 15.9. The monoisotopic (exact) mass is 366 g/mol. The van der Waals surface area contributed by atoms with Crippen LogP contribution in [-0.4, -0.2) is 19.9 Å². The van der Waals surface area contributed by atoms with Crippen molar-refractivity contribution in [1.29, 1.82) is 0 Å².